The largest absolute Gasteiger partial charge is 0.416 e. The SMILES string of the molecule is O=C(CNC(=O)c1cccc(C(F)(F)F)c1)N[C@@]1(C2CCC(O)(c3ccc(C(=O)NCC(F)(F)F)cc3)CC2)CCNC1. The zero-order valence-corrected chi connectivity index (χ0v) is 23.0. The summed E-state index contributed by atoms with van der Waals surface area (Å²) >= 11 is 0. The third-order valence-electron chi connectivity index (χ3n) is 8.17. The van der Waals surface area contributed by atoms with E-state index in [0.717, 1.165) is 18.2 Å². The second-order valence-electron chi connectivity index (χ2n) is 11.1. The molecule has 0 bridgehead atoms. The number of aliphatic hydroxyl groups is 1. The first kappa shape index (κ1) is 32.3. The Hall–Kier alpha value is -3.65. The van der Waals surface area contributed by atoms with E-state index in [1.807, 2.05) is 0 Å². The Labute approximate surface area is 243 Å². The fourth-order valence-electron chi connectivity index (χ4n) is 5.84. The van der Waals surface area contributed by atoms with E-state index in [1.165, 1.54) is 30.3 Å². The molecule has 5 N–H and O–H groups in total. The maximum absolute atomic E-state index is 13.0. The van der Waals surface area contributed by atoms with Crippen molar-refractivity contribution in [3.8, 4) is 0 Å². The van der Waals surface area contributed by atoms with E-state index in [-0.39, 0.29) is 17.0 Å². The van der Waals surface area contributed by atoms with Crippen LogP contribution in [0.2, 0.25) is 0 Å². The summed E-state index contributed by atoms with van der Waals surface area (Å²) < 4.78 is 76.1. The standard InChI is InChI=1S/C29H32F6N4O4/c30-28(31,32)17-38-24(41)18-4-6-21(7-5-18)27(43)10-8-20(9-11-27)26(12-13-36-16-26)39-23(40)15-37-25(42)19-2-1-3-22(14-19)29(33,34)35/h1-7,14,20,36,43H,8-13,15-17H2,(H,37,42)(H,38,41)(H,39,40)/t20?,26-,27?/m0/s1. The molecule has 0 radical (unpaired) electrons. The highest BCUT2D eigenvalue weighted by Gasteiger charge is 2.47. The van der Waals surface area contributed by atoms with Crippen LogP contribution >= 0.6 is 0 Å². The van der Waals surface area contributed by atoms with Crippen LogP contribution in [0.4, 0.5) is 26.3 Å². The van der Waals surface area contributed by atoms with Gasteiger partial charge < -0.3 is 26.4 Å². The van der Waals surface area contributed by atoms with Gasteiger partial charge in [0.05, 0.1) is 23.2 Å². The highest BCUT2D eigenvalue weighted by atomic mass is 19.4. The van der Waals surface area contributed by atoms with Crippen LogP contribution in [0.15, 0.2) is 48.5 Å². The first-order chi connectivity index (χ1) is 20.1. The van der Waals surface area contributed by atoms with Crippen molar-refractivity contribution in [1.29, 1.82) is 0 Å². The summed E-state index contributed by atoms with van der Waals surface area (Å²) in [5.74, 6) is -2.22. The Balaban J connectivity index is 1.33. The quantitative estimate of drug-likeness (QED) is 0.291. The number of nitrogens with one attached hydrogen (secondary N) is 4. The molecule has 1 saturated heterocycles. The molecule has 234 valence electrons. The molecule has 0 unspecified atom stereocenters. The fourth-order valence-corrected chi connectivity index (χ4v) is 5.84. The van der Waals surface area contributed by atoms with Crippen LogP contribution in [0, 0.1) is 5.92 Å². The van der Waals surface area contributed by atoms with Crippen molar-refractivity contribution in [2.45, 2.75) is 55.6 Å². The average Bonchev–Trinajstić information content (AvgIpc) is 3.43. The molecule has 1 aliphatic carbocycles. The number of alkyl halides is 6. The maximum Gasteiger partial charge on any atom is 0.416 e. The number of halogens is 6. The van der Waals surface area contributed by atoms with Crippen molar-refractivity contribution in [2.24, 2.45) is 5.92 Å². The first-order valence-corrected chi connectivity index (χ1v) is 13.8. The van der Waals surface area contributed by atoms with E-state index >= 15 is 0 Å². The van der Waals surface area contributed by atoms with Gasteiger partial charge in [0.25, 0.3) is 11.8 Å². The van der Waals surface area contributed by atoms with Gasteiger partial charge in [-0.25, -0.2) is 0 Å². The zero-order chi connectivity index (χ0) is 31.5. The molecule has 2 aliphatic rings. The van der Waals surface area contributed by atoms with E-state index < -0.39 is 59.9 Å². The molecule has 1 atom stereocenters. The van der Waals surface area contributed by atoms with Crippen molar-refractivity contribution in [3.63, 3.8) is 0 Å². The second kappa shape index (κ2) is 12.5. The molecule has 0 aromatic heterocycles. The van der Waals surface area contributed by atoms with Crippen LogP contribution in [0.3, 0.4) is 0 Å². The summed E-state index contributed by atoms with van der Waals surface area (Å²) in [5, 5.41) is 21.8. The number of carbonyl (C=O) groups is 3. The van der Waals surface area contributed by atoms with Crippen molar-refractivity contribution < 1.29 is 45.8 Å². The topological polar surface area (TPSA) is 120 Å². The van der Waals surface area contributed by atoms with Gasteiger partial charge >= 0.3 is 12.4 Å². The predicted molar refractivity (Wildman–Crippen MR) is 143 cm³/mol. The Morgan fingerprint density at radius 3 is 2.12 bits per heavy atom. The molecular formula is C29H32F6N4O4. The van der Waals surface area contributed by atoms with Gasteiger partial charge in [-0.1, -0.05) is 18.2 Å². The average molecular weight is 615 g/mol. The molecule has 43 heavy (non-hydrogen) atoms. The lowest BCUT2D eigenvalue weighted by Gasteiger charge is -2.44. The number of carbonyl (C=O) groups excluding carboxylic acids is 3. The van der Waals surface area contributed by atoms with Crippen molar-refractivity contribution in [2.75, 3.05) is 26.2 Å². The molecule has 0 spiro atoms. The third-order valence-corrected chi connectivity index (χ3v) is 8.17. The van der Waals surface area contributed by atoms with Gasteiger partial charge in [0.2, 0.25) is 5.91 Å². The molecule has 4 rings (SSSR count). The highest BCUT2D eigenvalue weighted by Crippen LogP contribution is 2.44. The minimum Gasteiger partial charge on any atom is -0.385 e. The van der Waals surface area contributed by atoms with Gasteiger partial charge in [0.1, 0.15) is 6.54 Å². The van der Waals surface area contributed by atoms with Crippen LogP contribution in [0.5, 0.6) is 0 Å². The number of hydrogen-bond donors (Lipinski definition) is 5. The molecule has 2 aromatic carbocycles. The smallest absolute Gasteiger partial charge is 0.385 e. The molecular weight excluding hydrogens is 582 g/mol. The molecule has 8 nitrogen and oxygen atoms in total. The van der Waals surface area contributed by atoms with Gasteiger partial charge in [0, 0.05) is 17.7 Å². The molecule has 1 aliphatic heterocycles. The minimum atomic E-state index is -4.61. The summed E-state index contributed by atoms with van der Waals surface area (Å²) in [7, 11) is 0. The van der Waals surface area contributed by atoms with Gasteiger partial charge in [0.15, 0.2) is 0 Å². The van der Waals surface area contributed by atoms with E-state index in [9.17, 15) is 45.8 Å². The molecule has 14 heteroatoms. The summed E-state index contributed by atoms with van der Waals surface area (Å²) in [6.45, 7) is -0.786. The lowest BCUT2D eigenvalue weighted by molar-refractivity contribution is -0.137. The lowest BCUT2D eigenvalue weighted by atomic mass is 9.68. The van der Waals surface area contributed by atoms with Gasteiger partial charge in [-0.3, -0.25) is 14.4 Å². The summed E-state index contributed by atoms with van der Waals surface area (Å²) in [5.41, 5.74) is -2.52. The third kappa shape index (κ3) is 8.05. The van der Waals surface area contributed by atoms with Crippen LogP contribution in [0.1, 0.15) is 63.9 Å². The Kier molecular flexibility index (Phi) is 9.40. The van der Waals surface area contributed by atoms with Crippen LogP contribution in [-0.2, 0) is 16.6 Å². The van der Waals surface area contributed by atoms with E-state index in [1.54, 1.807) is 5.32 Å². The summed E-state index contributed by atoms with van der Waals surface area (Å²) in [6, 6.07) is 9.67. The first-order valence-electron chi connectivity index (χ1n) is 13.8. The normalized spacial score (nSPS) is 24.3. The minimum absolute atomic E-state index is 0.0293. The molecule has 2 fully saturated rings. The number of benzene rings is 2. The zero-order valence-electron chi connectivity index (χ0n) is 23.0. The van der Waals surface area contributed by atoms with Crippen LogP contribution < -0.4 is 21.3 Å². The Morgan fingerprint density at radius 1 is 0.884 bits per heavy atom. The maximum atomic E-state index is 13.0. The van der Waals surface area contributed by atoms with Crippen molar-refractivity contribution in [1.82, 2.24) is 21.3 Å². The van der Waals surface area contributed by atoms with E-state index in [0.29, 0.717) is 50.8 Å². The number of hydrogen-bond acceptors (Lipinski definition) is 5. The van der Waals surface area contributed by atoms with E-state index in [4.69, 9.17) is 0 Å². The number of amides is 3. The highest BCUT2D eigenvalue weighted by molar-refractivity contribution is 5.96. The van der Waals surface area contributed by atoms with E-state index in [2.05, 4.69) is 16.0 Å². The monoisotopic (exact) mass is 614 g/mol. The lowest BCUT2D eigenvalue weighted by Crippen LogP contribution is -2.58. The molecule has 2 aromatic rings. The predicted octanol–water partition coefficient (Wildman–Crippen LogP) is 3.65. The Bertz CT molecular complexity index is 1320. The second-order valence-corrected chi connectivity index (χ2v) is 11.1. The molecule has 3 amide bonds. The van der Waals surface area contributed by atoms with Gasteiger partial charge in [-0.2, -0.15) is 26.3 Å². The molecule has 1 heterocycles. The fraction of sp³-hybridized carbons (Fsp3) is 0.483. The summed E-state index contributed by atoms with van der Waals surface area (Å²) in [4.78, 5) is 37.3. The Morgan fingerprint density at radius 2 is 1.53 bits per heavy atom. The van der Waals surface area contributed by atoms with Gasteiger partial charge in [-0.05, 0) is 80.5 Å². The summed E-state index contributed by atoms with van der Waals surface area (Å²) in [6.07, 6.45) is -6.81. The van der Waals surface area contributed by atoms with Crippen molar-refractivity contribution >= 4 is 17.7 Å². The van der Waals surface area contributed by atoms with Crippen LogP contribution in [0.25, 0.3) is 0 Å². The molecule has 1 saturated carbocycles. The van der Waals surface area contributed by atoms with Crippen molar-refractivity contribution in [3.05, 3.63) is 70.8 Å². The number of rotatable bonds is 8. The van der Waals surface area contributed by atoms with Crippen LogP contribution in [-0.4, -0.2) is 60.7 Å². The van der Waals surface area contributed by atoms with Gasteiger partial charge in [-0.15, -0.1) is 0 Å².